The van der Waals surface area contributed by atoms with Crippen LogP contribution in [0.3, 0.4) is 0 Å². The van der Waals surface area contributed by atoms with Crippen LogP contribution in [0, 0.1) is 11.3 Å². The van der Waals surface area contributed by atoms with Crippen molar-refractivity contribution in [2.45, 2.75) is 26.2 Å². The van der Waals surface area contributed by atoms with Crippen LogP contribution in [0.25, 0.3) is 0 Å². The summed E-state index contributed by atoms with van der Waals surface area (Å²) in [4.78, 5) is 0. The molecule has 2 nitrogen and oxygen atoms in total. The molecule has 1 N–H and O–H groups in total. The highest BCUT2D eigenvalue weighted by Crippen LogP contribution is 2.47. The molecule has 1 saturated carbocycles. The van der Waals surface area contributed by atoms with Crippen molar-refractivity contribution in [2.75, 3.05) is 20.2 Å². The lowest BCUT2D eigenvalue weighted by molar-refractivity contribution is 0.183. The van der Waals surface area contributed by atoms with Crippen molar-refractivity contribution in [3.05, 3.63) is 28.7 Å². The van der Waals surface area contributed by atoms with Gasteiger partial charge in [-0.2, -0.15) is 0 Å². The van der Waals surface area contributed by atoms with Gasteiger partial charge in [0.15, 0.2) is 0 Å². The lowest BCUT2D eigenvalue weighted by Gasteiger charge is -2.29. The minimum Gasteiger partial charge on any atom is -0.494 e. The monoisotopic (exact) mass is 311 g/mol. The second-order valence-electron chi connectivity index (χ2n) is 5.51. The molecular weight excluding hydrogens is 290 g/mol. The maximum Gasteiger partial charge on any atom is 0.119 e. The number of rotatable bonds is 7. The highest BCUT2D eigenvalue weighted by Gasteiger charge is 2.40. The number of halogens is 1. The zero-order valence-corrected chi connectivity index (χ0v) is 12.8. The maximum atomic E-state index is 5.83. The van der Waals surface area contributed by atoms with Crippen LogP contribution < -0.4 is 10.1 Å². The molecule has 18 heavy (non-hydrogen) atoms. The van der Waals surface area contributed by atoms with Gasteiger partial charge in [-0.25, -0.2) is 0 Å². The molecule has 1 aliphatic carbocycles. The molecule has 0 amide bonds. The van der Waals surface area contributed by atoms with Gasteiger partial charge in [0, 0.05) is 11.0 Å². The third-order valence-electron chi connectivity index (χ3n) is 3.90. The zero-order valence-electron chi connectivity index (χ0n) is 11.2. The molecule has 0 heterocycles. The molecule has 0 bridgehead atoms. The minimum atomic E-state index is 0.393. The van der Waals surface area contributed by atoms with E-state index in [2.05, 4.69) is 28.2 Å². The molecule has 0 spiro atoms. The Morgan fingerprint density at radius 2 is 2.00 bits per heavy atom. The van der Waals surface area contributed by atoms with Crippen molar-refractivity contribution in [3.8, 4) is 5.75 Å². The summed E-state index contributed by atoms with van der Waals surface area (Å²) < 4.78 is 6.92. The molecule has 1 unspecified atom stereocenters. The maximum absolute atomic E-state index is 5.83. The van der Waals surface area contributed by atoms with E-state index < -0.39 is 0 Å². The topological polar surface area (TPSA) is 21.3 Å². The van der Waals surface area contributed by atoms with E-state index in [-0.39, 0.29) is 0 Å². The van der Waals surface area contributed by atoms with Crippen LogP contribution in [-0.4, -0.2) is 20.2 Å². The van der Waals surface area contributed by atoms with Gasteiger partial charge < -0.3 is 10.1 Å². The Morgan fingerprint density at radius 3 is 2.56 bits per heavy atom. The normalized spacial score (nSPS) is 18.4. The summed E-state index contributed by atoms with van der Waals surface area (Å²) in [5, 5.41) is 3.32. The summed E-state index contributed by atoms with van der Waals surface area (Å²) >= 11 is 3.43. The average molecular weight is 312 g/mol. The van der Waals surface area contributed by atoms with Gasteiger partial charge in [0.05, 0.1) is 6.61 Å². The van der Waals surface area contributed by atoms with Gasteiger partial charge in [-0.1, -0.05) is 22.9 Å². The average Bonchev–Trinajstić information content (AvgIpc) is 3.16. The first-order valence-electron chi connectivity index (χ1n) is 6.67. The Hall–Kier alpha value is -0.540. The van der Waals surface area contributed by atoms with Crippen molar-refractivity contribution in [3.63, 3.8) is 0 Å². The van der Waals surface area contributed by atoms with E-state index in [0.717, 1.165) is 35.7 Å². The molecule has 0 saturated heterocycles. The van der Waals surface area contributed by atoms with E-state index >= 15 is 0 Å². The quantitative estimate of drug-likeness (QED) is 0.825. The predicted octanol–water partition coefficient (Wildman–Crippen LogP) is 3.85. The molecule has 0 aromatic heterocycles. The van der Waals surface area contributed by atoms with Gasteiger partial charge in [0.2, 0.25) is 0 Å². The van der Waals surface area contributed by atoms with Crippen molar-refractivity contribution in [2.24, 2.45) is 11.3 Å². The summed E-state index contributed by atoms with van der Waals surface area (Å²) in [6, 6.07) is 8.05. The second kappa shape index (κ2) is 6.07. The van der Waals surface area contributed by atoms with Gasteiger partial charge in [-0.05, 0) is 61.9 Å². The molecular formula is C15H22BrNO. The van der Waals surface area contributed by atoms with Crippen LogP contribution in [0.5, 0.6) is 5.75 Å². The highest BCUT2D eigenvalue weighted by molar-refractivity contribution is 9.10. The molecule has 100 valence electrons. The van der Waals surface area contributed by atoms with Gasteiger partial charge in [-0.15, -0.1) is 0 Å². The van der Waals surface area contributed by atoms with Crippen molar-refractivity contribution >= 4 is 15.9 Å². The van der Waals surface area contributed by atoms with Crippen LogP contribution in [0.15, 0.2) is 28.7 Å². The number of benzene rings is 1. The summed E-state index contributed by atoms with van der Waals surface area (Å²) in [6.45, 7) is 4.27. The molecule has 1 aromatic rings. The van der Waals surface area contributed by atoms with E-state index in [9.17, 15) is 0 Å². The van der Waals surface area contributed by atoms with E-state index in [1.807, 2.05) is 31.3 Å². The summed E-state index contributed by atoms with van der Waals surface area (Å²) in [6.07, 6.45) is 3.89. The van der Waals surface area contributed by atoms with Crippen molar-refractivity contribution in [1.82, 2.24) is 5.32 Å². The summed E-state index contributed by atoms with van der Waals surface area (Å²) in [7, 11) is 2.04. The molecule has 1 fully saturated rings. The number of hydrogen-bond acceptors (Lipinski definition) is 2. The Labute approximate surface area is 118 Å². The van der Waals surface area contributed by atoms with Crippen LogP contribution >= 0.6 is 15.9 Å². The fraction of sp³-hybridized carbons (Fsp3) is 0.600. The molecule has 0 aliphatic heterocycles. The highest BCUT2D eigenvalue weighted by atomic mass is 79.9. The van der Waals surface area contributed by atoms with E-state index in [4.69, 9.17) is 4.74 Å². The Bertz CT molecular complexity index is 375. The van der Waals surface area contributed by atoms with Crippen molar-refractivity contribution in [1.29, 1.82) is 0 Å². The molecule has 1 atom stereocenters. The molecule has 0 radical (unpaired) electrons. The smallest absolute Gasteiger partial charge is 0.119 e. The van der Waals surface area contributed by atoms with Crippen LogP contribution in [0.1, 0.15) is 26.2 Å². The van der Waals surface area contributed by atoms with Gasteiger partial charge in [0.25, 0.3) is 0 Å². The summed E-state index contributed by atoms with van der Waals surface area (Å²) in [5.41, 5.74) is 0.393. The van der Waals surface area contributed by atoms with Crippen LogP contribution in [-0.2, 0) is 0 Å². The first-order valence-corrected chi connectivity index (χ1v) is 7.46. The Morgan fingerprint density at radius 1 is 1.33 bits per heavy atom. The minimum absolute atomic E-state index is 0.393. The third-order valence-corrected chi connectivity index (χ3v) is 4.43. The van der Waals surface area contributed by atoms with Gasteiger partial charge in [-0.3, -0.25) is 0 Å². The number of hydrogen-bond donors (Lipinski definition) is 1. The second-order valence-corrected chi connectivity index (χ2v) is 6.43. The van der Waals surface area contributed by atoms with Crippen molar-refractivity contribution < 1.29 is 4.74 Å². The fourth-order valence-electron chi connectivity index (χ4n) is 2.55. The predicted molar refractivity (Wildman–Crippen MR) is 79.0 cm³/mol. The molecule has 2 rings (SSSR count). The van der Waals surface area contributed by atoms with Gasteiger partial charge >= 0.3 is 0 Å². The van der Waals surface area contributed by atoms with E-state index in [1.54, 1.807) is 0 Å². The number of ether oxygens (including phenoxy) is 1. The molecule has 1 aromatic carbocycles. The van der Waals surface area contributed by atoms with E-state index in [0.29, 0.717) is 5.41 Å². The number of nitrogens with one attached hydrogen (secondary N) is 1. The molecule has 1 aliphatic rings. The fourth-order valence-corrected chi connectivity index (χ4v) is 2.82. The van der Waals surface area contributed by atoms with Crippen LogP contribution in [0.4, 0.5) is 0 Å². The van der Waals surface area contributed by atoms with Gasteiger partial charge in [0.1, 0.15) is 5.75 Å². The Balaban J connectivity index is 1.81. The van der Waals surface area contributed by atoms with Crippen LogP contribution in [0.2, 0.25) is 0 Å². The lowest BCUT2D eigenvalue weighted by Crippen LogP contribution is -2.33. The zero-order chi connectivity index (χ0) is 13.0. The largest absolute Gasteiger partial charge is 0.494 e. The first kappa shape index (κ1) is 13.9. The molecule has 3 heteroatoms. The third kappa shape index (κ3) is 3.72. The summed E-state index contributed by atoms with van der Waals surface area (Å²) in [5.74, 6) is 1.85. The van der Waals surface area contributed by atoms with E-state index in [1.165, 1.54) is 12.8 Å². The first-order chi connectivity index (χ1) is 8.64. The Kier molecular flexibility index (Phi) is 4.68. The lowest BCUT2D eigenvalue weighted by atomic mass is 9.81. The standard InChI is InChI=1S/C15H22BrNO/c1-15(11-17-2,12-3-4-12)9-10-18-14-7-5-13(16)6-8-14/h5-8,12,17H,3-4,9-11H2,1-2H3. The SMILES string of the molecule is CNCC(C)(CCOc1ccc(Br)cc1)C1CC1.